The molecule has 0 aromatic carbocycles. The van der Waals surface area contributed by atoms with Crippen LogP contribution in [0.1, 0.15) is 37.6 Å². The molecule has 2 atom stereocenters. The lowest BCUT2D eigenvalue weighted by Gasteiger charge is -2.21. The minimum Gasteiger partial charge on any atom is -0.477 e. The number of esters is 2. The molecule has 2 unspecified atom stereocenters. The van der Waals surface area contributed by atoms with Crippen molar-refractivity contribution in [2.75, 3.05) is 20.3 Å². The molecule has 0 fully saturated rings. The molecule has 0 aliphatic heterocycles. The lowest BCUT2D eigenvalue weighted by atomic mass is 9.99. The third kappa shape index (κ3) is 6.06. The van der Waals surface area contributed by atoms with E-state index in [4.69, 9.17) is 9.47 Å². The fourth-order valence-electron chi connectivity index (χ4n) is 2.02. The highest BCUT2D eigenvalue weighted by Crippen LogP contribution is 2.15. The smallest absolute Gasteiger partial charge is 0.344 e. The third-order valence-electron chi connectivity index (χ3n) is 3.59. The molecule has 0 aliphatic carbocycles. The molecule has 1 N–H and O–H groups in total. The second-order valence-corrected chi connectivity index (χ2v) is 5.32. The van der Waals surface area contributed by atoms with Gasteiger partial charge < -0.3 is 19.5 Å². The van der Waals surface area contributed by atoms with Crippen LogP contribution in [0.4, 0.5) is 0 Å². The van der Waals surface area contributed by atoms with Crippen molar-refractivity contribution in [1.82, 2.24) is 10.3 Å². The molecule has 25 heavy (non-hydrogen) atoms. The summed E-state index contributed by atoms with van der Waals surface area (Å²) in [6.45, 7) is 5.29. The molecular formula is C17H24N2O6. The van der Waals surface area contributed by atoms with Crippen molar-refractivity contribution >= 4 is 17.8 Å². The van der Waals surface area contributed by atoms with Gasteiger partial charge in [0.25, 0.3) is 5.91 Å². The molecule has 0 saturated heterocycles. The van der Waals surface area contributed by atoms with Gasteiger partial charge in [-0.05, 0) is 25.0 Å². The van der Waals surface area contributed by atoms with Gasteiger partial charge in [0.1, 0.15) is 11.6 Å². The van der Waals surface area contributed by atoms with Gasteiger partial charge in [-0.2, -0.15) is 0 Å². The first kappa shape index (κ1) is 20.4. The standard InChI is InChI=1S/C17H24N2O6/c1-5-11(3)14(17(22)23-4)19-13(20)10-25-16(21)12-8-7-9-18-15(12)24-6-2/h7-9,11,14H,5-6,10H2,1-4H3,(H,19,20). The monoisotopic (exact) mass is 352 g/mol. The predicted octanol–water partition coefficient (Wildman–Crippen LogP) is 1.34. The molecule has 1 aromatic heterocycles. The Bertz CT molecular complexity index is 605. The molecule has 0 saturated carbocycles. The quantitative estimate of drug-likeness (QED) is 0.669. The van der Waals surface area contributed by atoms with Gasteiger partial charge in [0, 0.05) is 6.20 Å². The minimum absolute atomic E-state index is 0.116. The maximum atomic E-state index is 12.1. The zero-order chi connectivity index (χ0) is 18.8. The van der Waals surface area contributed by atoms with Crippen molar-refractivity contribution in [3.05, 3.63) is 23.9 Å². The zero-order valence-corrected chi connectivity index (χ0v) is 14.9. The van der Waals surface area contributed by atoms with E-state index in [1.54, 1.807) is 13.0 Å². The summed E-state index contributed by atoms with van der Waals surface area (Å²) >= 11 is 0. The Labute approximate surface area is 146 Å². The second kappa shape index (κ2) is 10.3. The average Bonchev–Trinajstić information content (AvgIpc) is 2.63. The molecule has 0 radical (unpaired) electrons. The number of ether oxygens (including phenoxy) is 3. The number of carbonyl (C=O) groups excluding carboxylic acids is 3. The van der Waals surface area contributed by atoms with Crippen LogP contribution in [0.3, 0.4) is 0 Å². The Morgan fingerprint density at radius 2 is 2.00 bits per heavy atom. The molecule has 1 aromatic rings. The van der Waals surface area contributed by atoms with E-state index >= 15 is 0 Å². The van der Waals surface area contributed by atoms with Crippen LogP contribution in [-0.4, -0.2) is 49.2 Å². The Hall–Kier alpha value is -2.64. The van der Waals surface area contributed by atoms with Gasteiger partial charge in [0.2, 0.25) is 5.88 Å². The fourth-order valence-corrected chi connectivity index (χ4v) is 2.02. The summed E-state index contributed by atoms with van der Waals surface area (Å²) < 4.78 is 14.9. The summed E-state index contributed by atoms with van der Waals surface area (Å²) in [5.41, 5.74) is 0.128. The van der Waals surface area contributed by atoms with Gasteiger partial charge in [-0.3, -0.25) is 4.79 Å². The highest BCUT2D eigenvalue weighted by Gasteiger charge is 2.27. The summed E-state index contributed by atoms with van der Waals surface area (Å²) in [7, 11) is 1.25. The van der Waals surface area contributed by atoms with Gasteiger partial charge in [-0.1, -0.05) is 20.3 Å². The first-order valence-electron chi connectivity index (χ1n) is 8.06. The fraction of sp³-hybridized carbons (Fsp3) is 0.529. The van der Waals surface area contributed by atoms with Gasteiger partial charge in [-0.25, -0.2) is 14.6 Å². The molecule has 0 aliphatic rings. The van der Waals surface area contributed by atoms with E-state index in [1.807, 2.05) is 13.8 Å². The van der Waals surface area contributed by atoms with Crippen LogP contribution < -0.4 is 10.1 Å². The third-order valence-corrected chi connectivity index (χ3v) is 3.59. The number of methoxy groups -OCH3 is 1. The number of hydrogen-bond acceptors (Lipinski definition) is 7. The molecule has 8 nitrogen and oxygen atoms in total. The largest absolute Gasteiger partial charge is 0.477 e. The molecule has 8 heteroatoms. The highest BCUT2D eigenvalue weighted by molar-refractivity contribution is 5.93. The summed E-state index contributed by atoms with van der Waals surface area (Å²) in [5.74, 6) is -1.84. The van der Waals surface area contributed by atoms with Gasteiger partial charge in [0.15, 0.2) is 6.61 Å². The van der Waals surface area contributed by atoms with E-state index in [1.165, 1.54) is 19.4 Å². The Balaban J connectivity index is 2.66. The van der Waals surface area contributed by atoms with Gasteiger partial charge in [-0.15, -0.1) is 0 Å². The molecular weight excluding hydrogens is 328 g/mol. The highest BCUT2D eigenvalue weighted by atomic mass is 16.5. The molecule has 0 spiro atoms. The molecule has 1 heterocycles. The van der Waals surface area contributed by atoms with Crippen molar-refractivity contribution in [2.45, 2.75) is 33.2 Å². The van der Waals surface area contributed by atoms with E-state index in [9.17, 15) is 14.4 Å². The maximum absolute atomic E-state index is 12.1. The summed E-state index contributed by atoms with van der Waals surface area (Å²) in [6.07, 6.45) is 2.16. The number of amides is 1. The number of pyridine rings is 1. The number of rotatable bonds is 9. The van der Waals surface area contributed by atoms with Crippen LogP contribution in [0, 0.1) is 5.92 Å². The Kier molecular flexibility index (Phi) is 8.38. The van der Waals surface area contributed by atoms with Gasteiger partial charge in [0.05, 0.1) is 13.7 Å². The maximum Gasteiger partial charge on any atom is 0.344 e. The number of carbonyl (C=O) groups is 3. The van der Waals surface area contributed by atoms with E-state index in [2.05, 4.69) is 15.0 Å². The predicted molar refractivity (Wildman–Crippen MR) is 89.1 cm³/mol. The first-order chi connectivity index (χ1) is 11.9. The molecule has 138 valence electrons. The molecule has 1 amide bonds. The van der Waals surface area contributed by atoms with Crippen molar-refractivity contribution in [1.29, 1.82) is 0 Å². The number of nitrogens with one attached hydrogen (secondary N) is 1. The van der Waals surface area contributed by atoms with E-state index in [-0.39, 0.29) is 17.4 Å². The molecule has 1 rings (SSSR count). The average molecular weight is 352 g/mol. The van der Waals surface area contributed by atoms with Crippen LogP contribution >= 0.6 is 0 Å². The zero-order valence-electron chi connectivity index (χ0n) is 14.9. The van der Waals surface area contributed by atoms with Crippen LogP contribution in [0.25, 0.3) is 0 Å². The lowest BCUT2D eigenvalue weighted by molar-refractivity contribution is -0.147. The molecule has 0 bridgehead atoms. The van der Waals surface area contributed by atoms with Crippen molar-refractivity contribution in [2.24, 2.45) is 5.92 Å². The van der Waals surface area contributed by atoms with E-state index in [0.717, 1.165) is 0 Å². The SMILES string of the molecule is CCOc1ncccc1C(=O)OCC(=O)NC(C(=O)OC)C(C)CC. The summed E-state index contributed by atoms with van der Waals surface area (Å²) in [5, 5.41) is 2.53. The van der Waals surface area contributed by atoms with Gasteiger partial charge >= 0.3 is 11.9 Å². The van der Waals surface area contributed by atoms with Crippen LogP contribution in [0.5, 0.6) is 5.88 Å². The number of aromatic nitrogens is 1. The normalized spacial score (nSPS) is 12.6. The van der Waals surface area contributed by atoms with Crippen molar-refractivity contribution in [3.8, 4) is 5.88 Å². The summed E-state index contributed by atoms with van der Waals surface area (Å²) in [4.78, 5) is 39.8. The van der Waals surface area contributed by atoms with Crippen LogP contribution in [0.2, 0.25) is 0 Å². The van der Waals surface area contributed by atoms with Crippen LogP contribution in [0.15, 0.2) is 18.3 Å². The minimum atomic E-state index is -0.793. The van der Waals surface area contributed by atoms with Crippen LogP contribution in [-0.2, 0) is 19.1 Å². The van der Waals surface area contributed by atoms with Crippen molar-refractivity contribution in [3.63, 3.8) is 0 Å². The number of nitrogens with zero attached hydrogens (tertiary/aromatic N) is 1. The Morgan fingerprint density at radius 1 is 1.28 bits per heavy atom. The van der Waals surface area contributed by atoms with Crippen molar-refractivity contribution < 1.29 is 28.6 Å². The summed E-state index contributed by atoms with van der Waals surface area (Å²) in [6, 6.07) is 2.27. The second-order valence-electron chi connectivity index (χ2n) is 5.32. The first-order valence-corrected chi connectivity index (χ1v) is 8.06. The van der Waals surface area contributed by atoms with E-state index < -0.39 is 30.5 Å². The topological polar surface area (TPSA) is 104 Å². The Morgan fingerprint density at radius 3 is 2.60 bits per heavy atom. The van der Waals surface area contributed by atoms with E-state index in [0.29, 0.717) is 13.0 Å². The lowest BCUT2D eigenvalue weighted by Crippen LogP contribution is -2.47. The number of hydrogen-bond donors (Lipinski definition) is 1.